The van der Waals surface area contributed by atoms with Crippen LogP contribution in [0.5, 0.6) is 0 Å². The number of carbonyl (C=O) groups is 2. The zero-order chi connectivity index (χ0) is 48.1. The van der Waals surface area contributed by atoms with E-state index in [0.717, 1.165) is 61.9 Å². The number of nitrogens with two attached hydrogens (primary N) is 1. The van der Waals surface area contributed by atoms with Crippen molar-refractivity contribution in [2.75, 3.05) is 25.6 Å². The van der Waals surface area contributed by atoms with E-state index in [1.54, 1.807) is 0 Å². The highest BCUT2D eigenvalue weighted by atomic mass is 31.3. The monoisotopic (exact) mass is 968 g/mol. The van der Waals surface area contributed by atoms with Crippen molar-refractivity contribution in [1.82, 2.24) is 9.55 Å². The predicted octanol–water partition coefficient (Wildman–Crippen LogP) is 9.21. The minimum Gasteiger partial charge on any atom is -0.462 e. The van der Waals surface area contributed by atoms with Crippen LogP contribution in [0, 0.1) is 11.8 Å². The fraction of sp³-hybridized carbons (Fsp3) is 0.867. The van der Waals surface area contributed by atoms with E-state index in [0.29, 0.717) is 18.8 Å². The summed E-state index contributed by atoms with van der Waals surface area (Å²) in [6, 6.07) is 1.25. The third kappa shape index (κ3) is 28.0. The number of phosphoric acid groups is 2. The summed E-state index contributed by atoms with van der Waals surface area (Å²) in [5, 5.41) is 20.9. The number of phosphoric ester groups is 2. The molecule has 0 spiro atoms. The Morgan fingerprint density at radius 3 is 1.62 bits per heavy atom. The first-order valence-electron chi connectivity index (χ1n) is 24.3. The molecule has 20 heteroatoms. The van der Waals surface area contributed by atoms with Gasteiger partial charge in [-0.2, -0.15) is 9.29 Å². The molecule has 1 fully saturated rings. The van der Waals surface area contributed by atoms with Crippen molar-refractivity contribution in [2.45, 2.75) is 219 Å². The van der Waals surface area contributed by atoms with Crippen LogP contribution in [-0.2, 0) is 46.3 Å². The van der Waals surface area contributed by atoms with Crippen molar-refractivity contribution >= 4 is 33.4 Å². The summed E-state index contributed by atoms with van der Waals surface area (Å²) in [5.74, 6) is 0.189. The van der Waals surface area contributed by atoms with Crippen molar-refractivity contribution in [2.24, 2.45) is 11.8 Å². The lowest BCUT2D eigenvalue weighted by molar-refractivity contribution is -0.161. The first-order chi connectivity index (χ1) is 30.9. The summed E-state index contributed by atoms with van der Waals surface area (Å²) in [5.41, 5.74) is 4.58. The van der Waals surface area contributed by atoms with E-state index in [1.807, 2.05) is 0 Å². The number of hydrogen-bond donors (Lipinski definition) is 5. The van der Waals surface area contributed by atoms with E-state index >= 15 is 0 Å². The molecule has 2 heterocycles. The van der Waals surface area contributed by atoms with Gasteiger partial charge in [-0.15, -0.1) is 0 Å². The fourth-order valence-electron chi connectivity index (χ4n) is 7.51. The average molecular weight is 968 g/mol. The molecule has 1 aliphatic heterocycles. The number of ether oxygens (including phenoxy) is 3. The van der Waals surface area contributed by atoms with Gasteiger partial charge in [0, 0.05) is 19.0 Å². The average Bonchev–Trinajstić information content (AvgIpc) is 3.51. The van der Waals surface area contributed by atoms with Gasteiger partial charge in [0.05, 0.1) is 13.2 Å². The number of esters is 2. The zero-order valence-electron chi connectivity index (χ0n) is 39.6. The highest BCUT2D eigenvalue weighted by Gasteiger charge is 2.46. The molecule has 6 N–H and O–H groups in total. The lowest BCUT2D eigenvalue weighted by Crippen LogP contribution is -2.36. The normalized spacial score (nSPS) is 19.9. The smallest absolute Gasteiger partial charge is 0.462 e. The molecule has 1 aliphatic rings. The summed E-state index contributed by atoms with van der Waals surface area (Å²) in [6.07, 6.45) is 19.5. The van der Waals surface area contributed by atoms with Crippen molar-refractivity contribution in [3.8, 4) is 0 Å². The van der Waals surface area contributed by atoms with Crippen LogP contribution in [0.4, 0.5) is 5.82 Å². The quantitative estimate of drug-likeness (QED) is 0.0234. The van der Waals surface area contributed by atoms with Crippen molar-refractivity contribution in [3.63, 3.8) is 0 Å². The second-order valence-corrected chi connectivity index (χ2v) is 21.3. The lowest BCUT2D eigenvalue weighted by atomic mass is 10.0. The molecule has 0 aliphatic carbocycles. The van der Waals surface area contributed by atoms with Gasteiger partial charge in [0.2, 0.25) is 0 Å². The standard InChI is InChI=1S/C45H83N3O15P2/c1-35(2)26-22-18-14-12-10-8-6-5-7-9-11-13-15-21-25-29-41(50)61-37(32-58-40(49)28-24-20-17-16-19-23-27-36(3)4)33-59-64(54,55)63-65(56,57)60-34-38-42(51)43(52)44(62-38)48-31-30-39(46)47-45(48)53/h30-31,35-38,42-44,51-52H,5-29,32-34H2,1-4H3,(H,54,55)(H,56,57)(H2,46,47,53)/t37-,38-,42+,43?,44-/m1/s1. The maximum atomic E-state index is 12.8. The minimum absolute atomic E-state index is 0.0560. The number of nitrogen functional groups attached to an aromatic ring is 1. The first-order valence-corrected chi connectivity index (χ1v) is 27.3. The van der Waals surface area contributed by atoms with Crippen molar-refractivity contribution in [3.05, 3.63) is 22.7 Å². The molecular formula is C45H83N3O15P2. The number of nitrogens with zero attached hydrogens (tertiary/aromatic N) is 2. The van der Waals surface area contributed by atoms with E-state index in [1.165, 1.54) is 95.7 Å². The number of aromatic nitrogens is 2. The van der Waals surface area contributed by atoms with Gasteiger partial charge in [-0.1, -0.05) is 163 Å². The first kappa shape index (κ1) is 58.9. The Hall–Kier alpha value is -2.24. The predicted molar refractivity (Wildman–Crippen MR) is 247 cm³/mol. The van der Waals surface area contributed by atoms with Crippen molar-refractivity contribution in [1.29, 1.82) is 0 Å². The Balaban J connectivity index is 1.78. The molecule has 3 unspecified atom stereocenters. The third-order valence-electron chi connectivity index (χ3n) is 11.3. The third-order valence-corrected chi connectivity index (χ3v) is 13.9. The molecule has 7 atom stereocenters. The maximum absolute atomic E-state index is 12.8. The number of hydrogen-bond acceptors (Lipinski definition) is 15. The molecular weight excluding hydrogens is 884 g/mol. The van der Waals surface area contributed by atoms with Gasteiger partial charge in [0.1, 0.15) is 30.7 Å². The summed E-state index contributed by atoms with van der Waals surface area (Å²) >= 11 is 0. The van der Waals surface area contributed by atoms with E-state index in [4.69, 9.17) is 29.0 Å². The fourth-order valence-corrected chi connectivity index (χ4v) is 9.62. The number of aliphatic hydroxyl groups is 2. The second kappa shape index (κ2) is 33.3. The zero-order valence-corrected chi connectivity index (χ0v) is 41.4. The Bertz CT molecular complexity index is 1620. The Morgan fingerprint density at radius 2 is 1.14 bits per heavy atom. The largest absolute Gasteiger partial charge is 0.481 e. The Kier molecular flexibility index (Phi) is 30.2. The second-order valence-electron chi connectivity index (χ2n) is 18.3. The van der Waals surface area contributed by atoms with Gasteiger partial charge in [0.15, 0.2) is 12.3 Å². The summed E-state index contributed by atoms with van der Waals surface area (Å²) < 4.78 is 56.6. The highest BCUT2D eigenvalue weighted by molar-refractivity contribution is 7.61. The SMILES string of the molecule is CC(C)CCCCCCCCCCCCCCCCCC(=O)O[C@H](COC(=O)CCCCCCCCC(C)C)COP(=O)(O)OP(=O)(O)OC[C@H]1O[C@@H](n2ccc(N)nc2=O)C(O)[C@H]1O. The van der Waals surface area contributed by atoms with Gasteiger partial charge in [-0.25, -0.2) is 13.9 Å². The molecule has 0 bridgehead atoms. The van der Waals surface area contributed by atoms with Crippen LogP contribution >= 0.6 is 15.6 Å². The van der Waals surface area contributed by atoms with Gasteiger partial charge in [0.25, 0.3) is 0 Å². The maximum Gasteiger partial charge on any atom is 0.481 e. The number of aliphatic hydroxyl groups excluding tert-OH is 2. The molecule has 1 aromatic heterocycles. The molecule has 0 amide bonds. The van der Waals surface area contributed by atoms with Crippen LogP contribution in [0.1, 0.15) is 194 Å². The number of carbonyl (C=O) groups excluding carboxylic acids is 2. The minimum atomic E-state index is -5.41. The van der Waals surface area contributed by atoms with E-state index in [-0.39, 0.29) is 18.7 Å². The molecule has 18 nitrogen and oxygen atoms in total. The summed E-state index contributed by atoms with van der Waals surface area (Å²) in [7, 11) is -10.8. The van der Waals surface area contributed by atoms with Crippen molar-refractivity contribution < 1.29 is 66.3 Å². The van der Waals surface area contributed by atoms with Gasteiger partial charge < -0.3 is 39.9 Å². The lowest BCUT2D eigenvalue weighted by Gasteiger charge is -2.21. The Morgan fingerprint density at radius 1 is 0.692 bits per heavy atom. The number of anilines is 1. The topological polar surface area (TPSA) is 265 Å². The molecule has 2 rings (SSSR count). The van der Waals surface area contributed by atoms with Crippen LogP contribution in [-0.4, -0.2) is 85.7 Å². The summed E-state index contributed by atoms with van der Waals surface area (Å²) in [4.78, 5) is 61.7. The van der Waals surface area contributed by atoms with E-state index < -0.39 is 83.7 Å². The number of rotatable bonds is 39. The van der Waals surface area contributed by atoms with Gasteiger partial charge in [-0.05, 0) is 30.7 Å². The van der Waals surface area contributed by atoms with E-state index in [2.05, 4.69) is 37.0 Å². The van der Waals surface area contributed by atoms with Crippen LogP contribution in [0.25, 0.3) is 0 Å². The van der Waals surface area contributed by atoms with Gasteiger partial charge >= 0.3 is 33.3 Å². The van der Waals surface area contributed by atoms with Crippen LogP contribution in [0.2, 0.25) is 0 Å². The Labute approximate surface area is 387 Å². The van der Waals surface area contributed by atoms with Crippen LogP contribution < -0.4 is 11.4 Å². The molecule has 1 aromatic rings. The molecule has 0 saturated carbocycles. The highest BCUT2D eigenvalue weighted by Crippen LogP contribution is 2.60. The molecule has 1 saturated heterocycles. The van der Waals surface area contributed by atoms with E-state index in [9.17, 15) is 43.5 Å². The molecule has 0 radical (unpaired) electrons. The molecule has 0 aromatic carbocycles. The summed E-state index contributed by atoms with van der Waals surface area (Å²) in [6.45, 7) is 6.68. The van der Waals surface area contributed by atoms with Crippen LogP contribution in [0.15, 0.2) is 17.1 Å². The van der Waals surface area contributed by atoms with Gasteiger partial charge in [-0.3, -0.25) is 23.2 Å². The van der Waals surface area contributed by atoms with Crippen LogP contribution in [0.3, 0.4) is 0 Å². The molecule has 65 heavy (non-hydrogen) atoms. The molecule has 378 valence electrons. The number of unbranched alkanes of at least 4 members (excludes halogenated alkanes) is 19.